The zero-order valence-corrected chi connectivity index (χ0v) is 8.42. The summed E-state index contributed by atoms with van der Waals surface area (Å²) >= 11 is 4.13. The standard InChI is InChI=1S/C11H6FNOS/c1-2-7-8(12)5-13-9-3-6(14)4-10(15)11(7)9/h1,3-5,14-15H. The number of thiol groups is 1. The Hall–Kier alpha value is -1.73. The summed E-state index contributed by atoms with van der Waals surface area (Å²) < 4.78 is 13.3. The third-order valence-electron chi connectivity index (χ3n) is 2.03. The number of phenols is 1. The Bertz CT molecular complexity index is 589. The van der Waals surface area contributed by atoms with Gasteiger partial charge in [0.2, 0.25) is 0 Å². The maximum absolute atomic E-state index is 13.3. The van der Waals surface area contributed by atoms with Gasteiger partial charge < -0.3 is 5.11 Å². The monoisotopic (exact) mass is 219 g/mol. The molecular formula is C11H6FNOS. The zero-order chi connectivity index (χ0) is 11.0. The molecule has 2 rings (SSSR count). The van der Waals surface area contributed by atoms with Gasteiger partial charge in [-0.05, 0) is 6.07 Å². The van der Waals surface area contributed by atoms with E-state index in [1.165, 1.54) is 12.1 Å². The van der Waals surface area contributed by atoms with Crippen LogP contribution in [0.5, 0.6) is 5.75 Å². The summed E-state index contributed by atoms with van der Waals surface area (Å²) in [4.78, 5) is 4.24. The Morgan fingerprint density at radius 1 is 1.47 bits per heavy atom. The summed E-state index contributed by atoms with van der Waals surface area (Å²) in [6.45, 7) is 0. The molecule has 0 unspecified atom stereocenters. The van der Waals surface area contributed by atoms with Crippen LogP contribution in [-0.2, 0) is 0 Å². The van der Waals surface area contributed by atoms with Gasteiger partial charge in [-0.1, -0.05) is 5.92 Å². The number of aromatic nitrogens is 1. The van der Waals surface area contributed by atoms with Gasteiger partial charge >= 0.3 is 0 Å². The molecule has 1 aromatic heterocycles. The Kier molecular flexibility index (Phi) is 2.25. The lowest BCUT2D eigenvalue weighted by atomic mass is 10.1. The van der Waals surface area contributed by atoms with E-state index in [4.69, 9.17) is 6.42 Å². The van der Waals surface area contributed by atoms with Crippen LogP contribution in [0.1, 0.15) is 5.56 Å². The molecule has 0 spiro atoms. The van der Waals surface area contributed by atoms with E-state index in [1.54, 1.807) is 0 Å². The topological polar surface area (TPSA) is 33.1 Å². The summed E-state index contributed by atoms with van der Waals surface area (Å²) in [6.07, 6.45) is 6.24. The van der Waals surface area contributed by atoms with Crippen molar-refractivity contribution in [3.8, 4) is 18.1 Å². The third kappa shape index (κ3) is 1.51. The van der Waals surface area contributed by atoms with Gasteiger partial charge in [0.15, 0.2) is 5.82 Å². The van der Waals surface area contributed by atoms with E-state index in [9.17, 15) is 9.50 Å². The number of aromatic hydroxyl groups is 1. The molecule has 2 aromatic rings. The van der Waals surface area contributed by atoms with E-state index in [0.717, 1.165) is 6.20 Å². The lowest BCUT2D eigenvalue weighted by Crippen LogP contribution is -1.90. The lowest BCUT2D eigenvalue weighted by Gasteiger charge is -2.05. The highest BCUT2D eigenvalue weighted by Crippen LogP contribution is 2.29. The number of hydrogen-bond donors (Lipinski definition) is 2. The molecule has 74 valence electrons. The first-order valence-electron chi connectivity index (χ1n) is 4.10. The summed E-state index contributed by atoms with van der Waals surface area (Å²) in [5.74, 6) is 1.71. The summed E-state index contributed by atoms with van der Waals surface area (Å²) in [5.41, 5.74) is 0.541. The first-order valence-corrected chi connectivity index (χ1v) is 4.55. The van der Waals surface area contributed by atoms with Crippen LogP contribution < -0.4 is 0 Å². The fourth-order valence-corrected chi connectivity index (χ4v) is 1.77. The van der Waals surface area contributed by atoms with Crippen molar-refractivity contribution in [2.75, 3.05) is 0 Å². The second-order valence-corrected chi connectivity index (χ2v) is 3.47. The van der Waals surface area contributed by atoms with Gasteiger partial charge in [-0.25, -0.2) is 4.39 Å². The number of hydrogen-bond acceptors (Lipinski definition) is 3. The summed E-state index contributed by atoms with van der Waals surface area (Å²) in [6, 6.07) is 2.81. The number of phenolic OH excluding ortho intramolecular Hbond substituents is 1. The van der Waals surface area contributed by atoms with Gasteiger partial charge in [0.1, 0.15) is 5.75 Å². The molecule has 1 aromatic carbocycles. The maximum Gasteiger partial charge on any atom is 0.157 e. The molecule has 0 fully saturated rings. The SMILES string of the molecule is C#Cc1c(F)cnc2cc(O)cc(S)c12. The van der Waals surface area contributed by atoms with Crippen LogP contribution >= 0.6 is 12.6 Å². The number of terminal acetylenes is 1. The first-order chi connectivity index (χ1) is 7.13. The van der Waals surface area contributed by atoms with E-state index < -0.39 is 5.82 Å². The van der Waals surface area contributed by atoms with Crippen LogP contribution in [0.2, 0.25) is 0 Å². The Labute approximate surface area is 91.2 Å². The van der Waals surface area contributed by atoms with Crippen molar-refractivity contribution in [2.24, 2.45) is 0 Å². The third-order valence-corrected chi connectivity index (χ3v) is 2.38. The smallest absolute Gasteiger partial charge is 0.157 e. The van der Waals surface area contributed by atoms with Crippen molar-refractivity contribution < 1.29 is 9.50 Å². The van der Waals surface area contributed by atoms with Crippen molar-refractivity contribution in [1.29, 1.82) is 0 Å². The van der Waals surface area contributed by atoms with E-state index >= 15 is 0 Å². The predicted molar refractivity (Wildman–Crippen MR) is 58.6 cm³/mol. The maximum atomic E-state index is 13.3. The van der Waals surface area contributed by atoms with E-state index in [1.807, 2.05) is 0 Å². The highest BCUT2D eigenvalue weighted by Gasteiger charge is 2.10. The molecule has 1 heterocycles. The molecule has 4 heteroatoms. The molecule has 0 bridgehead atoms. The fourth-order valence-electron chi connectivity index (χ4n) is 1.41. The van der Waals surface area contributed by atoms with Gasteiger partial charge in [0.25, 0.3) is 0 Å². The zero-order valence-electron chi connectivity index (χ0n) is 7.53. The largest absolute Gasteiger partial charge is 0.508 e. The minimum absolute atomic E-state index is 0.0228. The van der Waals surface area contributed by atoms with Gasteiger partial charge in [-0.15, -0.1) is 19.1 Å². The van der Waals surface area contributed by atoms with Crippen LogP contribution in [0.25, 0.3) is 10.9 Å². The number of fused-ring (bicyclic) bond motifs is 1. The molecule has 2 nitrogen and oxygen atoms in total. The molecular weight excluding hydrogens is 213 g/mol. The van der Waals surface area contributed by atoms with Gasteiger partial charge in [-0.3, -0.25) is 4.98 Å². The number of rotatable bonds is 0. The van der Waals surface area contributed by atoms with Crippen LogP contribution in [0.3, 0.4) is 0 Å². The molecule has 0 saturated carbocycles. The highest BCUT2D eigenvalue weighted by atomic mass is 32.1. The Balaban J connectivity index is 3.00. The van der Waals surface area contributed by atoms with Crippen molar-refractivity contribution >= 4 is 23.5 Å². The minimum Gasteiger partial charge on any atom is -0.508 e. The Morgan fingerprint density at radius 3 is 2.87 bits per heavy atom. The summed E-state index contributed by atoms with van der Waals surface area (Å²) in [7, 11) is 0. The molecule has 0 saturated heterocycles. The molecule has 1 N–H and O–H groups in total. The molecule has 0 aliphatic rings. The summed E-state index contributed by atoms with van der Waals surface area (Å²) in [5, 5.41) is 9.75. The van der Waals surface area contributed by atoms with Crippen LogP contribution in [0, 0.1) is 18.2 Å². The fraction of sp³-hybridized carbons (Fsp3) is 0. The molecule has 0 aliphatic carbocycles. The minimum atomic E-state index is -0.564. The van der Waals surface area contributed by atoms with Gasteiger partial charge in [0, 0.05) is 16.3 Å². The van der Waals surface area contributed by atoms with Crippen LogP contribution in [-0.4, -0.2) is 10.1 Å². The molecule has 0 atom stereocenters. The van der Waals surface area contributed by atoms with Crippen molar-refractivity contribution in [2.45, 2.75) is 4.90 Å². The molecule has 0 aliphatic heterocycles. The first kappa shape index (κ1) is 9.81. The number of pyridine rings is 1. The number of halogens is 1. The average Bonchev–Trinajstić information content (AvgIpc) is 2.18. The van der Waals surface area contributed by atoms with Gasteiger partial charge in [-0.2, -0.15) is 0 Å². The normalized spacial score (nSPS) is 10.2. The highest BCUT2D eigenvalue weighted by molar-refractivity contribution is 7.80. The molecule has 0 amide bonds. The predicted octanol–water partition coefficient (Wildman–Crippen LogP) is 2.35. The van der Waals surface area contributed by atoms with E-state index in [-0.39, 0.29) is 11.3 Å². The van der Waals surface area contributed by atoms with Crippen molar-refractivity contribution in [3.63, 3.8) is 0 Å². The quantitative estimate of drug-likeness (QED) is 0.526. The number of benzene rings is 1. The van der Waals surface area contributed by atoms with Crippen molar-refractivity contribution in [3.05, 3.63) is 29.7 Å². The van der Waals surface area contributed by atoms with E-state index in [0.29, 0.717) is 15.8 Å². The molecule has 15 heavy (non-hydrogen) atoms. The van der Waals surface area contributed by atoms with Crippen molar-refractivity contribution in [1.82, 2.24) is 4.98 Å². The molecule has 0 radical (unpaired) electrons. The van der Waals surface area contributed by atoms with Crippen LogP contribution in [0.15, 0.2) is 23.2 Å². The van der Waals surface area contributed by atoms with Crippen LogP contribution in [0.4, 0.5) is 4.39 Å². The van der Waals surface area contributed by atoms with Gasteiger partial charge in [0.05, 0.1) is 17.3 Å². The second kappa shape index (κ2) is 3.44. The number of nitrogens with zero attached hydrogens (tertiary/aromatic N) is 1. The average molecular weight is 219 g/mol. The van der Waals surface area contributed by atoms with E-state index in [2.05, 4.69) is 23.5 Å². The second-order valence-electron chi connectivity index (χ2n) is 2.98. The lowest BCUT2D eigenvalue weighted by molar-refractivity contribution is 0.474. The Morgan fingerprint density at radius 2 is 2.20 bits per heavy atom.